The Kier molecular flexibility index (Phi) is 3.63. The highest BCUT2D eigenvalue weighted by molar-refractivity contribution is 6.33. The van der Waals surface area contributed by atoms with E-state index in [1.165, 1.54) is 7.11 Å². The summed E-state index contributed by atoms with van der Waals surface area (Å²) < 4.78 is 4.68. The van der Waals surface area contributed by atoms with Crippen molar-refractivity contribution < 1.29 is 9.53 Å². The maximum atomic E-state index is 11.5. The number of pyridine rings is 1. The molecule has 4 heteroatoms. The molecule has 18 heavy (non-hydrogen) atoms. The molecule has 1 aromatic heterocycles. The van der Waals surface area contributed by atoms with Crippen LogP contribution in [-0.4, -0.2) is 18.1 Å². The van der Waals surface area contributed by atoms with Crippen LogP contribution in [0.25, 0.3) is 11.3 Å². The highest BCUT2D eigenvalue weighted by atomic mass is 35.5. The lowest BCUT2D eigenvalue weighted by molar-refractivity contribution is 0.0601. The maximum Gasteiger partial charge on any atom is 0.339 e. The summed E-state index contributed by atoms with van der Waals surface area (Å²) in [7, 11) is 1.33. The zero-order chi connectivity index (χ0) is 13.1. The normalized spacial score (nSPS) is 10.2. The summed E-state index contributed by atoms with van der Waals surface area (Å²) >= 11 is 5.96. The summed E-state index contributed by atoms with van der Waals surface area (Å²) in [5, 5.41) is 0.373. The number of benzene rings is 1. The Hall–Kier alpha value is -1.87. The van der Waals surface area contributed by atoms with Crippen LogP contribution in [0.3, 0.4) is 0 Å². The second kappa shape index (κ2) is 5.19. The molecule has 0 aliphatic carbocycles. The molecule has 3 nitrogen and oxygen atoms in total. The van der Waals surface area contributed by atoms with Gasteiger partial charge in [0, 0.05) is 11.8 Å². The fourth-order valence-electron chi connectivity index (χ4n) is 1.59. The Morgan fingerprint density at radius 1 is 1.28 bits per heavy atom. The highest BCUT2D eigenvalue weighted by Gasteiger charge is 2.12. The minimum atomic E-state index is -0.450. The number of hydrogen-bond donors (Lipinski definition) is 0. The molecule has 2 aromatic rings. The summed E-state index contributed by atoms with van der Waals surface area (Å²) in [6, 6.07) is 9.05. The third-order valence-corrected chi connectivity index (χ3v) is 2.91. The Morgan fingerprint density at radius 2 is 2.06 bits per heavy atom. The van der Waals surface area contributed by atoms with Crippen LogP contribution in [-0.2, 0) is 4.74 Å². The smallest absolute Gasteiger partial charge is 0.339 e. The molecular formula is C14H12ClNO2. The van der Waals surface area contributed by atoms with E-state index in [1.807, 2.05) is 25.1 Å². The number of nitrogens with zero attached hydrogens (tertiary/aromatic N) is 1. The van der Waals surface area contributed by atoms with Crippen LogP contribution in [0.1, 0.15) is 15.9 Å². The molecule has 92 valence electrons. The molecule has 0 aliphatic heterocycles. The lowest BCUT2D eigenvalue weighted by atomic mass is 10.1. The molecule has 0 aliphatic rings. The zero-order valence-corrected chi connectivity index (χ0v) is 10.9. The van der Waals surface area contributed by atoms with Crippen LogP contribution in [0.15, 0.2) is 36.5 Å². The molecule has 0 bridgehead atoms. The van der Waals surface area contributed by atoms with Gasteiger partial charge >= 0.3 is 5.97 Å². The number of rotatable bonds is 2. The largest absolute Gasteiger partial charge is 0.465 e. The van der Waals surface area contributed by atoms with Crippen LogP contribution in [0.2, 0.25) is 5.02 Å². The van der Waals surface area contributed by atoms with Gasteiger partial charge in [0.25, 0.3) is 0 Å². The van der Waals surface area contributed by atoms with Crippen molar-refractivity contribution in [3.63, 3.8) is 0 Å². The first kappa shape index (κ1) is 12.6. The van der Waals surface area contributed by atoms with E-state index in [1.54, 1.807) is 18.3 Å². The van der Waals surface area contributed by atoms with E-state index in [9.17, 15) is 4.79 Å². The SMILES string of the molecule is COC(=O)c1cc(-c2ccc(C)cn2)ccc1Cl. The van der Waals surface area contributed by atoms with E-state index in [2.05, 4.69) is 9.72 Å². The van der Waals surface area contributed by atoms with Gasteiger partial charge in [-0.25, -0.2) is 4.79 Å². The average Bonchev–Trinajstić information content (AvgIpc) is 2.39. The van der Waals surface area contributed by atoms with Crippen molar-refractivity contribution in [1.82, 2.24) is 4.98 Å². The van der Waals surface area contributed by atoms with Gasteiger partial charge in [-0.15, -0.1) is 0 Å². The third kappa shape index (κ3) is 2.51. The molecule has 1 aromatic carbocycles. The first-order valence-electron chi connectivity index (χ1n) is 5.42. The summed E-state index contributed by atoms with van der Waals surface area (Å²) in [6.07, 6.45) is 1.78. The van der Waals surface area contributed by atoms with E-state index < -0.39 is 5.97 Å². The fourth-order valence-corrected chi connectivity index (χ4v) is 1.78. The Balaban J connectivity index is 2.46. The van der Waals surface area contributed by atoms with Gasteiger partial charge in [0.2, 0.25) is 0 Å². The minimum Gasteiger partial charge on any atom is -0.465 e. The van der Waals surface area contributed by atoms with Crippen LogP contribution in [0.4, 0.5) is 0 Å². The second-order valence-electron chi connectivity index (χ2n) is 3.91. The highest BCUT2D eigenvalue weighted by Crippen LogP contribution is 2.24. The molecule has 2 rings (SSSR count). The van der Waals surface area contributed by atoms with Crippen molar-refractivity contribution in [1.29, 1.82) is 0 Å². The third-order valence-electron chi connectivity index (χ3n) is 2.58. The number of esters is 1. The van der Waals surface area contributed by atoms with E-state index >= 15 is 0 Å². The van der Waals surface area contributed by atoms with Gasteiger partial charge in [-0.05, 0) is 30.7 Å². The molecule has 0 N–H and O–H groups in total. The van der Waals surface area contributed by atoms with Gasteiger partial charge in [0.15, 0.2) is 0 Å². The number of aromatic nitrogens is 1. The maximum absolute atomic E-state index is 11.5. The van der Waals surface area contributed by atoms with Crippen LogP contribution < -0.4 is 0 Å². The number of methoxy groups -OCH3 is 1. The van der Waals surface area contributed by atoms with Gasteiger partial charge in [-0.1, -0.05) is 23.7 Å². The Bertz CT molecular complexity index is 579. The molecule has 0 spiro atoms. The number of carbonyl (C=O) groups excluding carboxylic acids is 1. The number of hydrogen-bond acceptors (Lipinski definition) is 3. The Labute approximate surface area is 110 Å². The lowest BCUT2D eigenvalue weighted by Gasteiger charge is -2.06. The fraction of sp³-hybridized carbons (Fsp3) is 0.143. The summed E-state index contributed by atoms with van der Waals surface area (Å²) in [5.74, 6) is -0.450. The molecule has 1 heterocycles. The first-order valence-corrected chi connectivity index (χ1v) is 5.80. The van der Waals surface area contributed by atoms with Crippen molar-refractivity contribution >= 4 is 17.6 Å². The molecule has 0 atom stereocenters. The van der Waals surface area contributed by atoms with Crippen LogP contribution >= 0.6 is 11.6 Å². The predicted octanol–water partition coefficient (Wildman–Crippen LogP) is 3.50. The first-order chi connectivity index (χ1) is 8.61. The molecule has 0 amide bonds. The van der Waals surface area contributed by atoms with Gasteiger partial charge in [-0.3, -0.25) is 4.98 Å². The van der Waals surface area contributed by atoms with Crippen molar-refractivity contribution in [2.24, 2.45) is 0 Å². The molecule has 0 saturated heterocycles. The monoisotopic (exact) mass is 261 g/mol. The second-order valence-corrected chi connectivity index (χ2v) is 4.31. The van der Waals surface area contributed by atoms with E-state index in [0.717, 1.165) is 16.8 Å². The number of aryl methyl sites for hydroxylation is 1. The zero-order valence-electron chi connectivity index (χ0n) is 10.1. The average molecular weight is 262 g/mol. The van der Waals surface area contributed by atoms with E-state index in [-0.39, 0.29) is 0 Å². The summed E-state index contributed by atoms with van der Waals surface area (Å²) in [5.41, 5.74) is 3.06. The van der Waals surface area contributed by atoms with Crippen molar-refractivity contribution in [3.8, 4) is 11.3 Å². The molecular weight excluding hydrogens is 250 g/mol. The van der Waals surface area contributed by atoms with Gasteiger partial charge in [0.05, 0.1) is 23.4 Å². The van der Waals surface area contributed by atoms with Crippen molar-refractivity contribution in [2.45, 2.75) is 6.92 Å². The minimum absolute atomic E-state index is 0.346. The summed E-state index contributed by atoms with van der Waals surface area (Å²) in [6.45, 7) is 1.97. The molecule has 0 radical (unpaired) electrons. The molecule has 0 fully saturated rings. The number of carbonyl (C=O) groups is 1. The lowest BCUT2D eigenvalue weighted by Crippen LogP contribution is -2.02. The number of halogens is 1. The topological polar surface area (TPSA) is 39.2 Å². The van der Waals surface area contributed by atoms with Gasteiger partial charge in [0.1, 0.15) is 0 Å². The Morgan fingerprint density at radius 3 is 2.67 bits per heavy atom. The summed E-state index contributed by atoms with van der Waals surface area (Å²) in [4.78, 5) is 15.9. The van der Waals surface area contributed by atoms with Gasteiger partial charge < -0.3 is 4.74 Å². The predicted molar refractivity (Wildman–Crippen MR) is 70.8 cm³/mol. The standard InChI is InChI=1S/C14H12ClNO2/c1-9-3-6-13(16-8-9)10-4-5-12(15)11(7-10)14(17)18-2/h3-8H,1-2H3. The van der Waals surface area contributed by atoms with Crippen LogP contribution in [0, 0.1) is 6.92 Å². The van der Waals surface area contributed by atoms with Crippen LogP contribution in [0.5, 0.6) is 0 Å². The van der Waals surface area contributed by atoms with E-state index in [0.29, 0.717) is 10.6 Å². The number of ether oxygens (including phenoxy) is 1. The van der Waals surface area contributed by atoms with E-state index in [4.69, 9.17) is 11.6 Å². The molecule has 0 unspecified atom stereocenters. The van der Waals surface area contributed by atoms with Gasteiger partial charge in [-0.2, -0.15) is 0 Å². The van der Waals surface area contributed by atoms with Crippen molar-refractivity contribution in [2.75, 3.05) is 7.11 Å². The quantitative estimate of drug-likeness (QED) is 0.777. The van der Waals surface area contributed by atoms with Crippen molar-refractivity contribution in [3.05, 3.63) is 52.7 Å². The molecule has 0 saturated carbocycles.